The fraction of sp³-hybridized carbons (Fsp3) is 0.625. The Hall–Kier alpha value is -0.860. The van der Waals surface area contributed by atoms with Crippen molar-refractivity contribution >= 4 is 0 Å². The topological polar surface area (TPSA) is 15.3 Å². The molecular weight excluding hydrogens is 220 g/mol. The zero-order valence-electron chi connectivity index (χ0n) is 11.8. The van der Waals surface area contributed by atoms with Crippen molar-refractivity contribution in [3.8, 4) is 0 Å². The molecule has 1 aliphatic rings. The van der Waals surface area contributed by atoms with Gasteiger partial charge >= 0.3 is 0 Å². The Balaban J connectivity index is 1.64. The molecule has 0 aliphatic carbocycles. The van der Waals surface area contributed by atoms with Gasteiger partial charge in [-0.25, -0.2) is 0 Å². The Morgan fingerprint density at radius 3 is 2.67 bits per heavy atom. The van der Waals surface area contributed by atoms with Gasteiger partial charge in [-0.2, -0.15) is 0 Å². The summed E-state index contributed by atoms with van der Waals surface area (Å²) in [6, 6.07) is 6.74. The van der Waals surface area contributed by atoms with Crippen molar-refractivity contribution in [1.29, 1.82) is 0 Å². The number of benzene rings is 1. The minimum Gasteiger partial charge on any atom is -0.315 e. The van der Waals surface area contributed by atoms with E-state index in [9.17, 15) is 0 Å². The van der Waals surface area contributed by atoms with Crippen molar-refractivity contribution in [2.75, 3.05) is 32.7 Å². The fourth-order valence-electron chi connectivity index (χ4n) is 2.66. The number of hydrogen-bond donors (Lipinski definition) is 1. The third-order valence-corrected chi connectivity index (χ3v) is 3.88. The van der Waals surface area contributed by atoms with E-state index in [1.165, 1.54) is 49.2 Å². The fourth-order valence-corrected chi connectivity index (χ4v) is 2.66. The molecule has 1 aromatic carbocycles. The van der Waals surface area contributed by atoms with Crippen LogP contribution in [-0.2, 0) is 6.42 Å². The molecule has 1 N–H and O–H groups in total. The van der Waals surface area contributed by atoms with Gasteiger partial charge in [0.25, 0.3) is 0 Å². The van der Waals surface area contributed by atoms with E-state index in [1.54, 1.807) is 0 Å². The molecular formula is C16H26N2. The summed E-state index contributed by atoms with van der Waals surface area (Å²) in [6.45, 7) is 10.4. The van der Waals surface area contributed by atoms with Crippen molar-refractivity contribution in [1.82, 2.24) is 10.2 Å². The lowest BCUT2D eigenvalue weighted by Crippen LogP contribution is -2.31. The van der Waals surface area contributed by atoms with Crippen molar-refractivity contribution in [2.24, 2.45) is 0 Å². The van der Waals surface area contributed by atoms with E-state index >= 15 is 0 Å². The summed E-state index contributed by atoms with van der Waals surface area (Å²) in [4.78, 5) is 2.56. The van der Waals surface area contributed by atoms with E-state index in [0.29, 0.717) is 0 Å². The summed E-state index contributed by atoms with van der Waals surface area (Å²) in [7, 11) is 0. The van der Waals surface area contributed by atoms with Gasteiger partial charge in [-0.15, -0.1) is 0 Å². The van der Waals surface area contributed by atoms with E-state index in [-0.39, 0.29) is 0 Å². The molecule has 0 amide bonds. The first kappa shape index (κ1) is 13.6. The molecule has 1 heterocycles. The van der Waals surface area contributed by atoms with Gasteiger partial charge in [-0.05, 0) is 63.9 Å². The quantitative estimate of drug-likeness (QED) is 0.776. The maximum absolute atomic E-state index is 3.57. The monoisotopic (exact) mass is 246 g/mol. The molecule has 2 nitrogen and oxygen atoms in total. The highest BCUT2D eigenvalue weighted by Crippen LogP contribution is 2.10. The Bertz CT molecular complexity index is 367. The Morgan fingerprint density at radius 2 is 1.89 bits per heavy atom. The molecule has 2 heteroatoms. The van der Waals surface area contributed by atoms with Crippen molar-refractivity contribution in [3.05, 3.63) is 34.9 Å². The molecule has 100 valence electrons. The molecule has 0 spiro atoms. The lowest BCUT2D eigenvalue weighted by Gasteiger charge is -2.15. The lowest BCUT2D eigenvalue weighted by molar-refractivity contribution is 0.336. The molecule has 0 atom stereocenters. The molecule has 1 fully saturated rings. The number of hydrogen-bond acceptors (Lipinski definition) is 2. The van der Waals surface area contributed by atoms with Crippen LogP contribution < -0.4 is 5.32 Å². The molecule has 0 unspecified atom stereocenters. The second-order valence-corrected chi connectivity index (χ2v) is 5.48. The van der Waals surface area contributed by atoms with Crippen LogP contribution >= 0.6 is 0 Å². The van der Waals surface area contributed by atoms with Crippen LogP contribution in [0.25, 0.3) is 0 Å². The highest BCUT2D eigenvalue weighted by molar-refractivity contribution is 5.30. The normalized spacial score (nSPS) is 16.3. The second kappa shape index (κ2) is 6.91. The third-order valence-electron chi connectivity index (χ3n) is 3.88. The summed E-state index contributed by atoms with van der Waals surface area (Å²) in [6.07, 6.45) is 3.93. The number of likely N-dealkylation sites (tertiary alicyclic amines) is 1. The van der Waals surface area contributed by atoms with Crippen LogP contribution in [0.3, 0.4) is 0 Å². The third kappa shape index (κ3) is 4.11. The highest BCUT2D eigenvalue weighted by Gasteiger charge is 2.09. The van der Waals surface area contributed by atoms with Crippen LogP contribution in [0.2, 0.25) is 0 Å². The van der Waals surface area contributed by atoms with Crippen LogP contribution in [0.1, 0.15) is 29.5 Å². The van der Waals surface area contributed by atoms with Gasteiger partial charge in [0.1, 0.15) is 0 Å². The van der Waals surface area contributed by atoms with Gasteiger partial charge in [0.05, 0.1) is 0 Å². The summed E-state index contributed by atoms with van der Waals surface area (Å²) in [5, 5.41) is 3.57. The van der Waals surface area contributed by atoms with Gasteiger partial charge in [-0.3, -0.25) is 0 Å². The molecule has 18 heavy (non-hydrogen) atoms. The predicted molar refractivity (Wildman–Crippen MR) is 78.2 cm³/mol. The second-order valence-electron chi connectivity index (χ2n) is 5.48. The van der Waals surface area contributed by atoms with Crippen LogP contribution in [0, 0.1) is 13.8 Å². The maximum Gasteiger partial charge on any atom is 0.0107 e. The van der Waals surface area contributed by atoms with Gasteiger partial charge < -0.3 is 10.2 Å². The van der Waals surface area contributed by atoms with Crippen LogP contribution in [0.4, 0.5) is 0 Å². The molecule has 1 aliphatic heterocycles. The van der Waals surface area contributed by atoms with E-state index in [2.05, 4.69) is 42.3 Å². The Morgan fingerprint density at radius 1 is 1.11 bits per heavy atom. The predicted octanol–water partition coefficient (Wildman–Crippen LogP) is 2.53. The summed E-state index contributed by atoms with van der Waals surface area (Å²) in [5.74, 6) is 0. The van der Waals surface area contributed by atoms with Gasteiger partial charge in [-0.1, -0.05) is 23.8 Å². The van der Waals surface area contributed by atoms with Gasteiger partial charge in [0.15, 0.2) is 0 Å². The zero-order chi connectivity index (χ0) is 12.8. The number of nitrogens with zero attached hydrogens (tertiary/aromatic N) is 1. The summed E-state index contributed by atoms with van der Waals surface area (Å²) in [5.41, 5.74) is 4.28. The number of aryl methyl sites for hydroxylation is 2. The molecule has 2 rings (SSSR count). The van der Waals surface area contributed by atoms with E-state index in [4.69, 9.17) is 0 Å². The first-order chi connectivity index (χ1) is 8.75. The lowest BCUT2D eigenvalue weighted by atomic mass is 10.0. The Labute approximate surface area is 111 Å². The largest absolute Gasteiger partial charge is 0.315 e. The molecule has 1 saturated heterocycles. The standard InChI is InChI=1S/C16H26N2/c1-14-5-6-15(2)16(13-14)7-8-17-9-12-18-10-3-4-11-18/h5-6,13,17H,3-4,7-12H2,1-2H3. The van der Waals surface area contributed by atoms with Crippen molar-refractivity contribution in [2.45, 2.75) is 33.1 Å². The highest BCUT2D eigenvalue weighted by atomic mass is 15.1. The average molecular weight is 246 g/mol. The maximum atomic E-state index is 3.57. The Kier molecular flexibility index (Phi) is 5.21. The van der Waals surface area contributed by atoms with Gasteiger partial charge in [0, 0.05) is 13.1 Å². The van der Waals surface area contributed by atoms with E-state index in [0.717, 1.165) is 19.5 Å². The minimum atomic E-state index is 1.10. The van der Waals surface area contributed by atoms with Crippen molar-refractivity contribution < 1.29 is 0 Å². The summed E-state index contributed by atoms with van der Waals surface area (Å²) >= 11 is 0. The van der Waals surface area contributed by atoms with Crippen LogP contribution in [0.15, 0.2) is 18.2 Å². The number of rotatable bonds is 6. The first-order valence-electron chi connectivity index (χ1n) is 7.25. The average Bonchev–Trinajstić information content (AvgIpc) is 2.86. The molecule has 0 aromatic heterocycles. The number of nitrogens with one attached hydrogen (secondary N) is 1. The van der Waals surface area contributed by atoms with E-state index < -0.39 is 0 Å². The van der Waals surface area contributed by atoms with Crippen molar-refractivity contribution in [3.63, 3.8) is 0 Å². The van der Waals surface area contributed by atoms with Crippen LogP contribution in [-0.4, -0.2) is 37.6 Å². The summed E-state index contributed by atoms with van der Waals surface area (Å²) < 4.78 is 0. The van der Waals surface area contributed by atoms with E-state index in [1.807, 2.05) is 0 Å². The molecule has 0 bridgehead atoms. The zero-order valence-corrected chi connectivity index (χ0v) is 11.8. The molecule has 0 radical (unpaired) electrons. The van der Waals surface area contributed by atoms with Crippen LogP contribution in [0.5, 0.6) is 0 Å². The minimum absolute atomic E-state index is 1.10. The first-order valence-corrected chi connectivity index (χ1v) is 7.25. The van der Waals surface area contributed by atoms with Gasteiger partial charge in [0.2, 0.25) is 0 Å². The smallest absolute Gasteiger partial charge is 0.0107 e. The molecule has 0 saturated carbocycles. The SMILES string of the molecule is Cc1ccc(C)c(CCNCCN2CCCC2)c1. The molecule has 1 aromatic rings.